The van der Waals surface area contributed by atoms with Gasteiger partial charge in [0.05, 0.1) is 23.8 Å². The maximum atomic E-state index is 11.7. The first-order valence-electron chi connectivity index (χ1n) is 5.31. The number of esters is 1. The molecule has 2 N–H and O–H groups in total. The van der Waals surface area contributed by atoms with Crippen molar-refractivity contribution in [3.05, 3.63) is 41.9 Å². The molecule has 94 valence electrons. The molecule has 5 heteroatoms. The molecule has 0 radical (unpaired) electrons. The van der Waals surface area contributed by atoms with Crippen molar-refractivity contribution in [2.24, 2.45) is 0 Å². The molecule has 0 saturated carbocycles. The van der Waals surface area contributed by atoms with Crippen LogP contribution in [0.1, 0.15) is 16.1 Å². The smallest absolute Gasteiger partial charge is 0.339 e. The lowest BCUT2D eigenvalue weighted by Gasteiger charge is -2.07. The number of ether oxygens (including phenoxy) is 1. The highest BCUT2D eigenvalue weighted by atomic mass is 32.2. The Morgan fingerprint density at radius 1 is 1.33 bits per heavy atom. The quantitative estimate of drug-likeness (QED) is 0.681. The van der Waals surface area contributed by atoms with Crippen molar-refractivity contribution in [3.63, 3.8) is 0 Å². The SMILES string of the molecule is COC(=O)c1cc(N)ccc1Sc1ccoc1C. The summed E-state index contributed by atoms with van der Waals surface area (Å²) < 4.78 is 9.98. The molecule has 1 heterocycles. The fourth-order valence-corrected chi connectivity index (χ4v) is 2.44. The predicted octanol–water partition coefficient (Wildman–Crippen LogP) is 3.11. The van der Waals surface area contributed by atoms with E-state index in [9.17, 15) is 4.79 Å². The Balaban J connectivity index is 2.38. The second-order valence-electron chi connectivity index (χ2n) is 3.69. The minimum atomic E-state index is -0.397. The van der Waals surface area contributed by atoms with Crippen LogP contribution in [-0.4, -0.2) is 13.1 Å². The van der Waals surface area contributed by atoms with Crippen LogP contribution in [0, 0.1) is 6.92 Å². The highest BCUT2D eigenvalue weighted by Crippen LogP contribution is 2.34. The molecule has 1 aromatic heterocycles. The Bertz CT molecular complexity index is 577. The summed E-state index contributed by atoms with van der Waals surface area (Å²) in [5.74, 6) is 0.415. The molecule has 0 aliphatic rings. The molecule has 1 aromatic carbocycles. The normalized spacial score (nSPS) is 10.3. The van der Waals surface area contributed by atoms with Gasteiger partial charge in [0, 0.05) is 10.6 Å². The van der Waals surface area contributed by atoms with Crippen molar-refractivity contribution in [2.45, 2.75) is 16.7 Å². The maximum Gasteiger partial charge on any atom is 0.339 e. The molecule has 0 aliphatic heterocycles. The van der Waals surface area contributed by atoms with Crippen LogP contribution >= 0.6 is 11.8 Å². The van der Waals surface area contributed by atoms with Gasteiger partial charge in [0.2, 0.25) is 0 Å². The van der Waals surface area contributed by atoms with Gasteiger partial charge in [-0.3, -0.25) is 0 Å². The van der Waals surface area contributed by atoms with Crippen LogP contribution in [0.3, 0.4) is 0 Å². The van der Waals surface area contributed by atoms with Gasteiger partial charge in [-0.2, -0.15) is 0 Å². The van der Waals surface area contributed by atoms with E-state index in [1.54, 1.807) is 24.5 Å². The number of anilines is 1. The second kappa shape index (κ2) is 5.18. The van der Waals surface area contributed by atoms with E-state index in [0.717, 1.165) is 15.6 Å². The number of benzene rings is 1. The average Bonchev–Trinajstić information content (AvgIpc) is 2.76. The van der Waals surface area contributed by atoms with Crippen molar-refractivity contribution < 1.29 is 13.9 Å². The number of aryl methyl sites for hydroxylation is 1. The van der Waals surface area contributed by atoms with E-state index in [-0.39, 0.29) is 0 Å². The summed E-state index contributed by atoms with van der Waals surface area (Å²) in [5, 5.41) is 0. The Morgan fingerprint density at radius 3 is 2.72 bits per heavy atom. The van der Waals surface area contributed by atoms with Gasteiger partial charge in [-0.25, -0.2) is 4.79 Å². The van der Waals surface area contributed by atoms with Crippen LogP contribution in [0.2, 0.25) is 0 Å². The first-order chi connectivity index (χ1) is 8.61. The topological polar surface area (TPSA) is 65.5 Å². The van der Waals surface area contributed by atoms with Gasteiger partial charge in [0.15, 0.2) is 0 Å². The minimum absolute atomic E-state index is 0.397. The zero-order chi connectivity index (χ0) is 13.1. The summed E-state index contributed by atoms with van der Waals surface area (Å²) in [5.41, 5.74) is 6.68. The van der Waals surface area contributed by atoms with Gasteiger partial charge in [-0.05, 0) is 31.2 Å². The molecule has 2 aromatic rings. The number of hydrogen-bond donors (Lipinski definition) is 1. The lowest BCUT2D eigenvalue weighted by atomic mass is 10.2. The molecular weight excluding hydrogens is 250 g/mol. The van der Waals surface area contributed by atoms with Crippen molar-refractivity contribution in [1.29, 1.82) is 0 Å². The Kier molecular flexibility index (Phi) is 3.62. The molecule has 18 heavy (non-hydrogen) atoms. The monoisotopic (exact) mass is 263 g/mol. The standard InChI is InChI=1S/C13H13NO3S/c1-8-11(5-6-17-8)18-12-4-3-9(14)7-10(12)13(15)16-2/h3-7H,14H2,1-2H3. The van der Waals surface area contributed by atoms with Crippen LogP contribution < -0.4 is 5.73 Å². The summed E-state index contributed by atoms with van der Waals surface area (Å²) in [6.07, 6.45) is 1.62. The number of hydrogen-bond acceptors (Lipinski definition) is 5. The second-order valence-corrected chi connectivity index (χ2v) is 4.77. The highest BCUT2D eigenvalue weighted by Gasteiger charge is 2.14. The molecule has 4 nitrogen and oxygen atoms in total. The molecule has 0 atom stereocenters. The van der Waals surface area contributed by atoms with Gasteiger partial charge >= 0.3 is 5.97 Å². The third-order valence-electron chi connectivity index (χ3n) is 2.44. The minimum Gasteiger partial charge on any atom is -0.468 e. The molecule has 0 unspecified atom stereocenters. The molecular formula is C13H13NO3S. The van der Waals surface area contributed by atoms with E-state index < -0.39 is 5.97 Å². The number of carbonyl (C=O) groups excluding carboxylic acids is 1. The van der Waals surface area contributed by atoms with Crippen molar-refractivity contribution >= 4 is 23.4 Å². The van der Waals surface area contributed by atoms with Crippen molar-refractivity contribution in [3.8, 4) is 0 Å². The van der Waals surface area contributed by atoms with E-state index in [4.69, 9.17) is 14.9 Å². The number of rotatable bonds is 3. The number of furan rings is 1. The molecule has 0 bridgehead atoms. The fraction of sp³-hybridized carbons (Fsp3) is 0.154. The van der Waals surface area contributed by atoms with Crippen molar-refractivity contribution in [2.75, 3.05) is 12.8 Å². The summed E-state index contributed by atoms with van der Waals surface area (Å²) in [7, 11) is 1.35. The van der Waals surface area contributed by atoms with Crippen LogP contribution in [0.5, 0.6) is 0 Å². The number of carbonyl (C=O) groups is 1. The summed E-state index contributed by atoms with van der Waals surface area (Å²) >= 11 is 1.45. The van der Waals surface area contributed by atoms with Crippen molar-refractivity contribution in [1.82, 2.24) is 0 Å². The number of nitrogen functional groups attached to an aromatic ring is 1. The van der Waals surface area contributed by atoms with Gasteiger partial charge in [-0.1, -0.05) is 11.8 Å². The third-order valence-corrected chi connectivity index (χ3v) is 3.66. The Hall–Kier alpha value is -1.88. The Labute approximate surface area is 109 Å². The largest absolute Gasteiger partial charge is 0.468 e. The van der Waals surface area contributed by atoms with Crippen LogP contribution in [-0.2, 0) is 4.74 Å². The maximum absolute atomic E-state index is 11.7. The molecule has 0 aliphatic carbocycles. The first-order valence-corrected chi connectivity index (χ1v) is 6.13. The summed E-state index contributed by atoms with van der Waals surface area (Å²) in [4.78, 5) is 13.4. The fourth-order valence-electron chi connectivity index (χ4n) is 1.50. The third kappa shape index (κ3) is 2.51. The van der Waals surface area contributed by atoms with Crippen LogP contribution in [0.15, 0.2) is 44.7 Å². The van der Waals surface area contributed by atoms with Gasteiger partial charge in [0.1, 0.15) is 5.76 Å². The zero-order valence-electron chi connectivity index (χ0n) is 10.1. The average molecular weight is 263 g/mol. The van der Waals surface area contributed by atoms with Gasteiger partial charge in [-0.15, -0.1) is 0 Å². The van der Waals surface area contributed by atoms with Gasteiger partial charge in [0.25, 0.3) is 0 Å². The molecule has 0 fully saturated rings. The number of methoxy groups -OCH3 is 1. The first kappa shape index (κ1) is 12.6. The van der Waals surface area contributed by atoms with E-state index in [0.29, 0.717) is 11.3 Å². The molecule has 2 rings (SSSR count). The van der Waals surface area contributed by atoms with Gasteiger partial charge < -0.3 is 14.9 Å². The lowest BCUT2D eigenvalue weighted by Crippen LogP contribution is -2.04. The van der Waals surface area contributed by atoms with Crippen LogP contribution in [0.4, 0.5) is 5.69 Å². The summed E-state index contributed by atoms with van der Waals surface area (Å²) in [6, 6.07) is 7.03. The van der Waals surface area contributed by atoms with E-state index in [1.807, 2.05) is 13.0 Å². The Morgan fingerprint density at radius 2 is 2.11 bits per heavy atom. The van der Waals surface area contributed by atoms with E-state index >= 15 is 0 Å². The predicted molar refractivity (Wildman–Crippen MR) is 69.8 cm³/mol. The van der Waals surface area contributed by atoms with E-state index in [1.165, 1.54) is 18.9 Å². The molecule has 0 amide bonds. The summed E-state index contributed by atoms with van der Waals surface area (Å²) in [6.45, 7) is 1.87. The van der Waals surface area contributed by atoms with E-state index in [2.05, 4.69) is 0 Å². The van der Waals surface area contributed by atoms with Crippen LogP contribution in [0.25, 0.3) is 0 Å². The number of nitrogens with two attached hydrogens (primary N) is 1. The molecule has 0 saturated heterocycles. The zero-order valence-corrected chi connectivity index (χ0v) is 10.9. The highest BCUT2D eigenvalue weighted by molar-refractivity contribution is 7.99. The lowest BCUT2D eigenvalue weighted by molar-refractivity contribution is 0.0597. The molecule has 0 spiro atoms.